The van der Waals surface area contributed by atoms with E-state index < -0.39 is 0 Å². The van der Waals surface area contributed by atoms with Crippen molar-refractivity contribution >= 4 is 17.5 Å². The van der Waals surface area contributed by atoms with E-state index in [-0.39, 0.29) is 11.9 Å². The van der Waals surface area contributed by atoms with Crippen LogP contribution in [0.3, 0.4) is 0 Å². The highest BCUT2D eigenvalue weighted by Gasteiger charge is 2.20. The summed E-state index contributed by atoms with van der Waals surface area (Å²) < 4.78 is 0. The second kappa shape index (κ2) is 7.60. The van der Waals surface area contributed by atoms with Gasteiger partial charge in [-0.3, -0.25) is 4.79 Å². The number of carbonyl (C=O) groups is 1. The molecular formula is C15H22ClN3O. The van der Waals surface area contributed by atoms with E-state index in [1.807, 2.05) is 0 Å². The maximum absolute atomic E-state index is 12.1. The zero-order valence-electron chi connectivity index (χ0n) is 11.9. The van der Waals surface area contributed by atoms with Gasteiger partial charge >= 0.3 is 0 Å². The standard InChI is InChI=1S/C15H22ClN3O/c1-2-3-8-19-9-6-13(7-10-19)18-15(20)12-4-5-14(16)17-11-12/h4-5,11,13H,2-3,6-10H2,1H3,(H,18,20). The molecule has 1 amide bonds. The first-order chi connectivity index (χ1) is 9.69. The predicted octanol–water partition coefficient (Wildman–Crippen LogP) is 2.73. The lowest BCUT2D eigenvalue weighted by Crippen LogP contribution is -2.44. The minimum atomic E-state index is -0.0545. The molecule has 1 fully saturated rings. The molecule has 0 spiro atoms. The Morgan fingerprint density at radius 3 is 2.80 bits per heavy atom. The summed E-state index contributed by atoms with van der Waals surface area (Å²) >= 11 is 5.72. The minimum Gasteiger partial charge on any atom is -0.349 e. The van der Waals surface area contributed by atoms with E-state index in [0.29, 0.717) is 10.7 Å². The molecule has 1 aromatic rings. The number of hydrogen-bond acceptors (Lipinski definition) is 3. The van der Waals surface area contributed by atoms with Crippen LogP contribution in [0.4, 0.5) is 0 Å². The van der Waals surface area contributed by atoms with E-state index in [0.717, 1.165) is 25.9 Å². The molecule has 0 atom stereocenters. The van der Waals surface area contributed by atoms with E-state index in [9.17, 15) is 4.79 Å². The summed E-state index contributed by atoms with van der Waals surface area (Å²) in [5, 5.41) is 3.49. The molecule has 20 heavy (non-hydrogen) atoms. The lowest BCUT2D eigenvalue weighted by Gasteiger charge is -2.32. The number of nitrogens with one attached hydrogen (secondary N) is 1. The van der Waals surface area contributed by atoms with Crippen molar-refractivity contribution in [1.82, 2.24) is 15.2 Å². The van der Waals surface area contributed by atoms with Crippen LogP contribution in [-0.4, -0.2) is 41.5 Å². The number of amides is 1. The number of carbonyl (C=O) groups excluding carboxylic acids is 1. The van der Waals surface area contributed by atoms with Crippen molar-refractivity contribution < 1.29 is 4.79 Å². The number of halogens is 1. The van der Waals surface area contributed by atoms with Crippen LogP contribution in [0.1, 0.15) is 43.0 Å². The molecule has 0 aromatic carbocycles. The summed E-state index contributed by atoms with van der Waals surface area (Å²) in [7, 11) is 0. The first kappa shape index (κ1) is 15.3. The molecule has 0 radical (unpaired) electrons. The van der Waals surface area contributed by atoms with Gasteiger partial charge in [0.2, 0.25) is 0 Å². The average molecular weight is 296 g/mol. The van der Waals surface area contributed by atoms with Gasteiger partial charge in [-0.25, -0.2) is 4.98 Å². The van der Waals surface area contributed by atoms with E-state index in [1.165, 1.54) is 25.6 Å². The lowest BCUT2D eigenvalue weighted by atomic mass is 10.0. The van der Waals surface area contributed by atoms with Gasteiger partial charge in [-0.15, -0.1) is 0 Å². The number of rotatable bonds is 5. The van der Waals surface area contributed by atoms with E-state index >= 15 is 0 Å². The van der Waals surface area contributed by atoms with Gasteiger partial charge < -0.3 is 10.2 Å². The van der Waals surface area contributed by atoms with Gasteiger partial charge in [0, 0.05) is 25.3 Å². The van der Waals surface area contributed by atoms with Crippen LogP contribution < -0.4 is 5.32 Å². The van der Waals surface area contributed by atoms with Crippen molar-refractivity contribution in [3.8, 4) is 0 Å². The molecule has 2 rings (SSSR count). The van der Waals surface area contributed by atoms with Crippen LogP contribution in [0.25, 0.3) is 0 Å². The summed E-state index contributed by atoms with van der Waals surface area (Å²) in [5.74, 6) is -0.0545. The smallest absolute Gasteiger partial charge is 0.253 e. The van der Waals surface area contributed by atoms with Gasteiger partial charge in [-0.05, 0) is 37.9 Å². The maximum atomic E-state index is 12.1. The van der Waals surface area contributed by atoms with Crippen molar-refractivity contribution in [3.63, 3.8) is 0 Å². The van der Waals surface area contributed by atoms with E-state index in [1.54, 1.807) is 12.1 Å². The molecule has 110 valence electrons. The Morgan fingerprint density at radius 1 is 1.45 bits per heavy atom. The Hall–Kier alpha value is -1.13. The Labute approximate surface area is 125 Å². The molecule has 4 nitrogen and oxygen atoms in total. The van der Waals surface area contributed by atoms with Gasteiger partial charge in [-0.2, -0.15) is 0 Å². The maximum Gasteiger partial charge on any atom is 0.253 e. The Morgan fingerprint density at radius 2 is 2.20 bits per heavy atom. The van der Waals surface area contributed by atoms with Crippen LogP contribution in [0.15, 0.2) is 18.3 Å². The molecule has 0 saturated carbocycles. The normalized spacial score (nSPS) is 17.1. The zero-order valence-corrected chi connectivity index (χ0v) is 12.7. The summed E-state index contributed by atoms with van der Waals surface area (Å²) in [5.41, 5.74) is 0.572. The van der Waals surface area contributed by atoms with Gasteiger partial charge in [-0.1, -0.05) is 24.9 Å². The highest BCUT2D eigenvalue weighted by molar-refractivity contribution is 6.29. The van der Waals surface area contributed by atoms with Crippen LogP contribution in [0.5, 0.6) is 0 Å². The summed E-state index contributed by atoms with van der Waals surface area (Å²) in [6.07, 6.45) is 6.06. The van der Waals surface area contributed by atoms with Gasteiger partial charge in [0.15, 0.2) is 0 Å². The number of piperidine rings is 1. The fourth-order valence-electron chi connectivity index (χ4n) is 2.46. The second-order valence-electron chi connectivity index (χ2n) is 5.31. The topological polar surface area (TPSA) is 45.2 Å². The number of aromatic nitrogens is 1. The van der Waals surface area contributed by atoms with Gasteiger partial charge in [0.1, 0.15) is 5.15 Å². The third kappa shape index (κ3) is 4.46. The number of hydrogen-bond donors (Lipinski definition) is 1. The molecule has 0 unspecified atom stereocenters. The molecule has 1 aliphatic rings. The molecule has 0 bridgehead atoms. The fourth-order valence-corrected chi connectivity index (χ4v) is 2.57. The summed E-state index contributed by atoms with van der Waals surface area (Å²) in [4.78, 5) is 18.5. The van der Waals surface area contributed by atoms with Crippen molar-refractivity contribution in [2.75, 3.05) is 19.6 Å². The molecule has 1 aliphatic heterocycles. The quantitative estimate of drug-likeness (QED) is 0.850. The van der Waals surface area contributed by atoms with Crippen LogP contribution in [-0.2, 0) is 0 Å². The van der Waals surface area contributed by atoms with Crippen molar-refractivity contribution in [1.29, 1.82) is 0 Å². The van der Waals surface area contributed by atoms with Gasteiger partial charge in [0.05, 0.1) is 5.56 Å². The molecular weight excluding hydrogens is 274 g/mol. The Balaban J connectivity index is 1.77. The lowest BCUT2D eigenvalue weighted by molar-refractivity contribution is 0.0910. The summed E-state index contributed by atoms with van der Waals surface area (Å²) in [6, 6.07) is 3.63. The SMILES string of the molecule is CCCCN1CCC(NC(=O)c2ccc(Cl)nc2)CC1. The third-order valence-electron chi connectivity index (χ3n) is 3.74. The Kier molecular flexibility index (Phi) is 5.80. The summed E-state index contributed by atoms with van der Waals surface area (Å²) in [6.45, 7) is 5.54. The van der Waals surface area contributed by atoms with Crippen molar-refractivity contribution in [2.45, 2.75) is 38.6 Å². The molecule has 0 aliphatic carbocycles. The number of nitrogens with zero attached hydrogens (tertiary/aromatic N) is 2. The molecule has 1 N–H and O–H groups in total. The number of pyridine rings is 1. The highest BCUT2D eigenvalue weighted by Crippen LogP contribution is 2.12. The van der Waals surface area contributed by atoms with Crippen molar-refractivity contribution in [3.05, 3.63) is 29.0 Å². The van der Waals surface area contributed by atoms with Crippen molar-refractivity contribution in [2.24, 2.45) is 0 Å². The first-order valence-electron chi connectivity index (χ1n) is 7.34. The minimum absolute atomic E-state index is 0.0545. The second-order valence-corrected chi connectivity index (χ2v) is 5.70. The van der Waals surface area contributed by atoms with Crippen LogP contribution in [0.2, 0.25) is 5.15 Å². The monoisotopic (exact) mass is 295 g/mol. The van der Waals surface area contributed by atoms with E-state index in [2.05, 4.69) is 22.1 Å². The molecule has 1 saturated heterocycles. The molecule has 5 heteroatoms. The molecule has 1 aromatic heterocycles. The molecule has 2 heterocycles. The first-order valence-corrected chi connectivity index (χ1v) is 7.71. The largest absolute Gasteiger partial charge is 0.349 e. The van der Waals surface area contributed by atoms with E-state index in [4.69, 9.17) is 11.6 Å². The highest BCUT2D eigenvalue weighted by atomic mass is 35.5. The van der Waals surface area contributed by atoms with Gasteiger partial charge in [0.25, 0.3) is 5.91 Å². The van der Waals surface area contributed by atoms with Crippen LogP contribution in [0, 0.1) is 0 Å². The predicted molar refractivity (Wildman–Crippen MR) is 81.1 cm³/mol. The zero-order chi connectivity index (χ0) is 14.4. The fraction of sp³-hybridized carbons (Fsp3) is 0.600. The number of unbranched alkanes of at least 4 members (excludes halogenated alkanes) is 1. The Bertz CT molecular complexity index is 427. The average Bonchev–Trinajstić information content (AvgIpc) is 2.47. The third-order valence-corrected chi connectivity index (χ3v) is 3.96. The number of likely N-dealkylation sites (tertiary alicyclic amines) is 1. The van der Waals surface area contributed by atoms with Crippen LogP contribution >= 0.6 is 11.6 Å².